The maximum Gasteiger partial charge on any atom is 0.178 e. The van der Waals surface area contributed by atoms with Gasteiger partial charge < -0.3 is 11.1 Å². The van der Waals surface area contributed by atoms with E-state index in [4.69, 9.17) is 18.0 Å². The van der Waals surface area contributed by atoms with Gasteiger partial charge in [-0.2, -0.15) is 5.10 Å². The average Bonchev–Trinajstić information content (AvgIpc) is 1.77. The number of hydrogen-bond acceptors (Lipinski definition) is 4. The normalized spacial score (nSPS) is 18.5. The summed E-state index contributed by atoms with van der Waals surface area (Å²) in [7, 11) is 0. The maximum absolute atomic E-state index is 5.26. The molecule has 1 aliphatic rings. The first-order valence-electron chi connectivity index (χ1n) is 2.15. The van der Waals surface area contributed by atoms with Gasteiger partial charge in [0.25, 0.3) is 0 Å². The Kier molecular flexibility index (Phi) is 1.29. The summed E-state index contributed by atoms with van der Waals surface area (Å²) < 4.78 is 0. The molecule has 0 aliphatic carbocycles. The Morgan fingerprint density at radius 1 is 1.75 bits per heavy atom. The first-order valence-corrected chi connectivity index (χ1v) is 2.56. The van der Waals surface area contributed by atoms with Crippen molar-refractivity contribution in [3.05, 3.63) is 0 Å². The van der Waals surface area contributed by atoms with Crippen molar-refractivity contribution in [3.63, 3.8) is 0 Å². The Balaban J connectivity index is 2.67. The van der Waals surface area contributed by atoms with Gasteiger partial charge in [-0.05, 0) is 0 Å². The van der Waals surface area contributed by atoms with Crippen LogP contribution in [-0.4, -0.2) is 17.5 Å². The van der Waals surface area contributed by atoms with Crippen LogP contribution in [0.4, 0.5) is 0 Å². The predicted molar refractivity (Wildman–Crippen MR) is 35.4 cm³/mol. The van der Waals surface area contributed by atoms with Crippen LogP contribution in [0.25, 0.3) is 0 Å². The summed E-state index contributed by atoms with van der Waals surface area (Å²) in [5, 5.41) is 6.45. The maximum atomic E-state index is 5.26. The highest BCUT2D eigenvalue weighted by Gasteiger charge is 2.03. The van der Waals surface area contributed by atoms with E-state index in [0.717, 1.165) is 0 Å². The summed E-state index contributed by atoms with van der Waals surface area (Å²) in [4.78, 5) is 0.517. The molecule has 1 rings (SSSR count). The third kappa shape index (κ3) is 0.865. The highest BCUT2D eigenvalue weighted by molar-refractivity contribution is 7.82. The lowest BCUT2D eigenvalue weighted by Gasteiger charge is -2.11. The SMILES string of the molecule is NC1=NNCNC1=S. The van der Waals surface area contributed by atoms with Crippen LogP contribution in [0, 0.1) is 0 Å². The third-order valence-corrected chi connectivity index (χ3v) is 1.11. The zero-order valence-corrected chi connectivity index (χ0v) is 4.96. The molecule has 0 amide bonds. The number of amidine groups is 1. The summed E-state index contributed by atoms with van der Waals surface area (Å²) in [5.41, 5.74) is 7.89. The second-order valence-corrected chi connectivity index (χ2v) is 1.75. The minimum atomic E-state index is 0.353. The van der Waals surface area contributed by atoms with E-state index in [2.05, 4.69) is 15.8 Å². The quantitative estimate of drug-likeness (QED) is 0.358. The van der Waals surface area contributed by atoms with Gasteiger partial charge in [0.15, 0.2) is 5.84 Å². The van der Waals surface area contributed by atoms with Crippen LogP contribution < -0.4 is 16.5 Å². The second-order valence-electron chi connectivity index (χ2n) is 1.34. The summed E-state index contributed by atoms with van der Waals surface area (Å²) >= 11 is 4.72. The molecule has 0 aromatic carbocycles. The predicted octanol–water partition coefficient (Wildman–Crippen LogP) is -1.26. The smallest absolute Gasteiger partial charge is 0.178 e. The van der Waals surface area contributed by atoms with E-state index in [1.807, 2.05) is 0 Å². The van der Waals surface area contributed by atoms with E-state index in [1.54, 1.807) is 0 Å². The van der Waals surface area contributed by atoms with Crippen LogP contribution in [0.1, 0.15) is 0 Å². The average molecular weight is 130 g/mol. The Hall–Kier alpha value is -0.840. The van der Waals surface area contributed by atoms with Gasteiger partial charge in [0.1, 0.15) is 11.7 Å². The van der Waals surface area contributed by atoms with Crippen LogP contribution in [0.5, 0.6) is 0 Å². The van der Waals surface area contributed by atoms with Gasteiger partial charge in [-0.25, -0.2) is 0 Å². The molecule has 4 N–H and O–H groups in total. The van der Waals surface area contributed by atoms with Crippen molar-refractivity contribution in [2.45, 2.75) is 0 Å². The molecule has 0 fully saturated rings. The van der Waals surface area contributed by atoms with Crippen LogP contribution in [0.3, 0.4) is 0 Å². The molecular weight excluding hydrogens is 124 g/mol. The number of rotatable bonds is 0. The molecule has 0 unspecified atom stereocenters. The minimum Gasteiger partial charge on any atom is -0.380 e. The highest BCUT2D eigenvalue weighted by Crippen LogP contribution is 1.76. The molecule has 5 heteroatoms. The molecule has 1 heterocycles. The number of nitrogens with one attached hydrogen (secondary N) is 2. The largest absolute Gasteiger partial charge is 0.380 e. The van der Waals surface area contributed by atoms with Gasteiger partial charge in [-0.15, -0.1) is 0 Å². The van der Waals surface area contributed by atoms with Crippen molar-refractivity contribution in [1.82, 2.24) is 10.7 Å². The van der Waals surface area contributed by atoms with Gasteiger partial charge in [-0.3, -0.25) is 5.43 Å². The zero-order chi connectivity index (χ0) is 5.98. The molecule has 0 aromatic rings. The van der Waals surface area contributed by atoms with Crippen molar-refractivity contribution in [1.29, 1.82) is 0 Å². The highest BCUT2D eigenvalue weighted by atomic mass is 32.1. The van der Waals surface area contributed by atoms with E-state index in [1.165, 1.54) is 0 Å². The lowest BCUT2D eigenvalue weighted by atomic mass is 10.6. The van der Waals surface area contributed by atoms with Crippen molar-refractivity contribution >= 4 is 23.0 Å². The molecule has 44 valence electrons. The standard InChI is InChI=1S/C3H6N4S/c4-2-3(8)5-1-6-7-2/h6H,1H2,(H2,4,7)(H,5,8). The second kappa shape index (κ2) is 1.95. The van der Waals surface area contributed by atoms with Crippen LogP contribution in [-0.2, 0) is 0 Å². The third-order valence-electron chi connectivity index (χ3n) is 0.760. The zero-order valence-electron chi connectivity index (χ0n) is 4.14. The summed E-state index contributed by atoms with van der Waals surface area (Å²) in [5.74, 6) is 0.353. The summed E-state index contributed by atoms with van der Waals surface area (Å²) in [6, 6.07) is 0. The van der Waals surface area contributed by atoms with Crippen molar-refractivity contribution < 1.29 is 0 Å². The molecule has 1 aliphatic heterocycles. The van der Waals surface area contributed by atoms with Crippen LogP contribution in [0.2, 0.25) is 0 Å². The fourth-order valence-corrected chi connectivity index (χ4v) is 0.504. The van der Waals surface area contributed by atoms with E-state index in [-0.39, 0.29) is 0 Å². The lowest BCUT2D eigenvalue weighted by Crippen LogP contribution is -2.44. The molecule has 0 bridgehead atoms. The Morgan fingerprint density at radius 3 is 2.88 bits per heavy atom. The number of hydrogen-bond donors (Lipinski definition) is 3. The topological polar surface area (TPSA) is 62.4 Å². The first-order chi connectivity index (χ1) is 3.80. The number of hydrazone groups is 1. The van der Waals surface area contributed by atoms with Crippen LogP contribution in [0.15, 0.2) is 5.10 Å². The first kappa shape index (κ1) is 5.30. The lowest BCUT2D eigenvalue weighted by molar-refractivity contribution is 0.696. The van der Waals surface area contributed by atoms with Crippen molar-refractivity contribution in [3.8, 4) is 0 Å². The van der Waals surface area contributed by atoms with Crippen LogP contribution >= 0.6 is 12.2 Å². The monoisotopic (exact) mass is 130 g/mol. The fourth-order valence-electron chi connectivity index (χ4n) is 0.386. The van der Waals surface area contributed by atoms with Gasteiger partial charge >= 0.3 is 0 Å². The Morgan fingerprint density at radius 2 is 2.50 bits per heavy atom. The molecule has 0 spiro atoms. The van der Waals surface area contributed by atoms with E-state index >= 15 is 0 Å². The molecule has 0 radical (unpaired) electrons. The van der Waals surface area contributed by atoms with Crippen molar-refractivity contribution in [2.24, 2.45) is 10.8 Å². The molecule has 4 nitrogen and oxygen atoms in total. The van der Waals surface area contributed by atoms with Crippen molar-refractivity contribution in [2.75, 3.05) is 6.67 Å². The van der Waals surface area contributed by atoms with Gasteiger partial charge in [-0.1, -0.05) is 12.2 Å². The molecule has 0 saturated carbocycles. The number of nitrogens with zero attached hydrogens (tertiary/aromatic N) is 1. The van der Waals surface area contributed by atoms with E-state index in [9.17, 15) is 0 Å². The fraction of sp³-hybridized carbons (Fsp3) is 0.333. The summed E-state index contributed by atoms with van der Waals surface area (Å²) in [6.07, 6.45) is 0. The molecule has 0 atom stereocenters. The number of thiocarbonyl (C=S) groups is 1. The molecule has 0 aromatic heterocycles. The van der Waals surface area contributed by atoms with Gasteiger partial charge in [0.2, 0.25) is 0 Å². The van der Waals surface area contributed by atoms with Gasteiger partial charge in [0, 0.05) is 0 Å². The molecular formula is C3H6N4S. The number of nitrogens with two attached hydrogens (primary N) is 1. The molecule has 8 heavy (non-hydrogen) atoms. The minimum absolute atomic E-state index is 0.353. The van der Waals surface area contributed by atoms with Gasteiger partial charge in [0.05, 0.1) is 0 Å². The Labute approximate surface area is 52.1 Å². The summed E-state index contributed by atoms with van der Waals surface area (Å²) in [6.45, 7) is 0.569. The Bertz CT molecular complexity index is 140. The van der Waals surface area contributed by atoms with E-state index < -0.39 is 0 Å². The molecule has 0 saturated heterocycles. The van der Waals surface area contributed by atoms with E-state index in [0.29, 0.717) is 17.5 Å².